The number of hydrogen-bond acceptors (Lipinski definition) is 3. The number of thiocarbonyl (C=S) groups is 1. The van der Waals surface area contributed by atoms with Gasteiger partial charge in [-0.1, -0.05) is 24.4 Å². The second kappa shape index (κ2) is 7.81. The van der Waals surface area contributed by atoms with Gasteiger partial charge in [-0.25, -0.2) is 4.39 Å². The van der Waals surface area contributed by atoms with Crippen LogP contribution in [-0.2, 0) is 17.8 Å². The molecule has 1 heterocycles. The number of halogens is 1. The van der Waals surface area contributed by atoms with E-state index in [1.165, 1.54) is 11.6 Å². The number of benzene rings is 1. The highest BCUT2D eigenvalue weighted by atomic mass is 32.1. The molecule has 21 heavy (non-hydrogen) atoms. The number of rotatable bonds is 7. The number of aryl methyl sites for hydroxylation is 1. The topological polar surface area (TPSA) is 48.1 Å². The molecule has 1 aromatic heterocycles. The summed E-state index contributed by atoms with van der Waals surface area (Å²) in [4.78, 5) is 4.16. The Bertz CT molecular complexity index is 604. The van der Waals surface area contributed by atoms with Crippen molar-refractivity contribution in [1.82, 2.24) is 4.98 Å². The number of ether oxygens (including phenoxy) is 1. The van der Waals surface area contributed by atoms with Crippen LogP contribution in [0.1, 0.15) is 23.1 Å². The lowest BCUT2D eigenvalue weighted by Crippen LogP contribution is -2.10. The molecule has 0 aliphatic carbocycles. The van der Waals surface area contributed by atoms with E-state index in [0.29, 0.717) is 17.7 Å². The summed E-state index contributed by atoms with van der Waals surface area (Å²) in [5, 5.41) is 0. The molecule has 0 atom stereocenters. The zero-order valence-electron chi connectivity index (χ0n) is 11.6. The Morgan fingerprint density at radius 3 is 2.67 bits per heavy atom. The van der Waals surface area contributed by atoms with Crippen LogP contribution in [0.3, 0.4) is 0 Å². The summed E-state index contributed by atoms with van der Waals surface area (Å²) in [5.74, 6) is -0.338. The van der Waals surface area contributed by atoms with E-state index in [0.717, 1.165) is 12.8 Å². The minimum absolute atomic E-state index is 0.193. The van der Waals surface area contributed by atoms with Crippen molar-refractivity contribution in [3.05, 3.63) is 65.2 Å². The van der Waals surface area contributed by atoms with Crippen LogP contribution in [0, 0.1) is 5.82 Å². The molecule has 0 bridgehead atoms. The lowest BCUT2D eigenvalue weighted by molar-refractivity contribution is 0.116. The monoisotopic (exact) mass is 304 g/mol. The van der Waals surface area contributed by atoms with Crippen molar-refractivity contribution in [2.75, 3.05) is 6.61 Å². The Balaban J connectivity index is 1.75. The van der Waals surface area contributed by atoms with Crippen molar-refractivity contribution >= 4 is 17.2 Å². The number of nitrogens with two attached hydrogens (primary N) is 1. The lowest BCUT2D eigenvalue weighted by Gasteiger charge is -2.07. The van der Waals surface area contributed by atoms with Gasteiger partial charge in [-0.2, -0.15) is 0 Å². The molecule has 0 fully saturated rings. The number of aromatic nitrogens is 1. The Hall–Kier alpha value is -1.85. The van der Waals surface area contributed by atoms with Crippen molar-refractivity contribution in [2.24, 2.45) is 5.73 Å². The predicted molar refractivity (Wildman–Crippen MR) is 84.5 cm³/mol. The second-order valence-electron chi connectivity index (χ2n) is 4.68. The van der Waals surface area contributed by atoms with Crippen molar-refractivity contribution in [3.63, 3.8) is 0 Å². The van der Waals surface area contributed by atoms with Gasteiger partial charge in [0, 0.05) is 30.1 Å². The molecule has 2 aromatic rings. The van der Waals surface area contributed by atoms with E-state index in [1.807, 2.05) is 12.1 Å². The first kappa shape index (κ1) is 15.5. The number of hydrogen-bond donors (Lipinski definition) is 1. The van der Waals surface area contributed by atoms with Gasteiger partial charge in [0.1, 0.15) is 10.8 Å². The summed E-state index contributed by atoms with van der Waals surface area (Å²) in [6.45, 7) is 0.832. The second-order valence-corrected chi connectivity index (χ2v) is 5.12. The Kier molecular flexibility index (Phi) is 5.78. The minimum atomic E-state index is -0.338. The SMILES string of the molecule is NC(=S)c1ccc(COCCCc2ccncc2)c(F)c1. The minimum Gasteiger partial charge on any atom is -0.389 e. The van der Waals surface area contributed by atoms with Crippen molar-refractivity contribution in [2.45, 2.75) is 19.4 Å². The summed E-state index contributed by atoms with van der Waals surface area (Å²) in [6.07, 6.45) is 5.35. The molecule has 0 aliphatic rings. The van der Waals surface area contributed by atoms with Gasteiger partial charge in [-0.05, 0) is 36.6 Å². The van der Waals surface area contributed by atoms with E-state index >= 15 is 0 Å². The predicted octanol–water partition coefficient (Wildman–Crippen LogP) is 3.00. The molecule has 5 heteroatoms. The zero-order chi connectivity index (χ0) is 15.1. The van der Waals surface area contributed by atoms with Crippen molar-refractivity contribution < 1.29 is 9.13 Å². The van der Waals surface area contributed by atoms with Gasteiger partial charge in [0.15, 0.2) is 0 Å². The highest BCUT2D eigenvalue weighted by Crippen LogP contribution is 2.12. The fourth-order valence-electron chi connectivity index (χ4n) is 1.93. The average Bonchev–Trinajstić information content (AvgIpc) is 2.49. The van der Waals surface area contributed by atoms with Gasteiger partial charge in [-0.15, -0.1) is 0 Å². The van der Waals surface area contributed by atoms with Crippen LogP contribution in [0.25, 0.3) is 0 Å². The van der Waals surface area contributed by atoms with Crippen molar-refractivity contribution in [3.8, 4) is 0 Å². The largest absolute Gasteiger partial charge is 0.389 e. The Morgan fingerprint density at radius 2 is 2.00 bits per heavy atom. The van der Waals surface area contributed by atoms with Gasteiger partial charge in [-0.3, -0.25) is 4.98 Å². The maximum atomic E-state index is 13.8. The summed E-state index contributed by atoms with van der Waals surface area (Å²) < 4.78 is 19.3. The molecule has 0 amide bonds. The first-order valence-corrected chi connectivity index (χ1v) is 7.12. The normalized spacial score (nSPS) is 10.5. The molecule has 1 aromatic carbocycles. The third-order valence-corrected chi connectivity index (χ3v) is 3.33. The quantitative estimate of drug-likeness (QED) is 0.631. The zero-order valence-corrected chi connectivity index (χ0v) is 12.4. The first-order chi connectivity index (χ1) is 10.2. The molecule has 3 nitrogen and oxygen atoms in total. The van der Waals surface area contributed by atoms with Crippen LogP contribution in [0.15, 0.2) is 42.7 Å². The molecule has 110 valence electrons. The van der Waals surface area contributed by atoms with E-state index in [2.05, 4.69) is 4.98 Å². The van der Waals surface area contributed by atoms with E-state index in [4.69, 9.17) is 22.7 Å². The molecular weight excluding hydrogens is 287 g/mol. The molecule has 0 unspecified atom stereocenters. The summed E-state index contributed by atoms with van der Waals surface area (Å²) >= 11 is 4.81. The molecule has 0 radical (unpaired) electrons. The highest BCUT2D eigenvalue weighted by Gasteiger charge is 2.05. The number of nitrogens with zero attached hydrogens (tertiary/aromatic N) is 1. The van der Waals surface area contributed by atoms with E-state index in [-0.39, 0.29) is 17.4 Å². The van der Waals surface area contributed by atoms with Gasteiger partial charge in [0.25, 0.3) is 0 Å². The van der Waals surface area contributed by atoms with Crippen LogP contribution >= 0.6 is 12.2 Å². The van der Waals surface area contributed by atoms with Gasteiger partial charge in [0.05, 0.1) is 6.61 Å². The van der Waals surface area contributed by atoms with Gasteiger partial charge in [0.2, 0.25) is 0 Å². The molecule has 2 N–H and O–H groups in total. The molecular formula is C16H17FN2OS. The van der Waals surface area contributed by atoms with Gasteiger partial charge >= 0.3 is 0 Å². The van der Waals surface area contributed by atoms with E-state index in [9.17, 15) is 4.39 Å². The Morgan fingerprint density at radius 1 is 1.24 bits per heavy atom. The first-order valence-electron chi connectivity index (χ1n) is 6.71. The smallest absolute Gasteiger partial charge is 0.129 e. The number of pyridine rings is 1. The average molecular weight is 304 g/mol. The molecule has 0 saturated carbocycles. The lowest BCUT2D eigenvalue weighted by atomic mass is 10.1. The molecule has 2 rings (SSSR count). The fourth-order valence-corrected chi connectivity index (χ4v) is 2.05. The molecule has 0 saturated heterocycles. The van der Waals surface area contributed by atoms with Crippen LogP contribution < -0.4 is 5.73 Å². The maximum absolute atomic E-state index is 13.8. The summed E-state index contributed by atoms with van der Waals surface area (Å²) in [5.41, 5.74) is 7.72. The summed E-state index contributed by atoms with van der Waals surface area (Å²) in [6, 6.07) is 8.67. The third kappa shape index (κ3) is 4.88. The highest BCUT2D eigenvalue weighted by molar-refractivity contribution is 7.80. The van der Waals surface area contributed by atoms with E-state index in [1.54, 1.807) is 24.5 Å². The van der Waals surface area contributed by atoms with Gasteiger partial charge < -0.3 is 10.5 Å². The third-order valence-electron chi connectivity index (χ3n) is 3.10. The molecule has 0 aliphatic heterocycles. The summed E-state index contributed by atoms with van der Waals surface area (Å²) in [7, 11) is 0. The maximum Gasteiger partial charge on any atom is 0.129 e. The fraction of sp³-hybridized carbons (Fsp3) is 0.250. The molecule has 0 spiro atoms. The van der Waals surface area contributed by atoms with Crippen LogP contribution in [0.2, 0.25) is 0 Å². The van der Waals surface area contributed by atoms with Crippen LogP contribution in [0.4, 0.5) is 4.39 Å². The Labute approximate surface area is 129 Å². The van der Waals surface area contributed by atoms with Crippen LogP contribution in [0.5, 0.6) is 0 Å². The van der Waals surface area contributed by atoms with Crippen LogP contribution in [-0.4, -0.2) is 16.6 Å². The standard InChI is InChI=1S/C16H17FN2OS/c17-15-10-13(16(18)21)3-4-14(15)11-20-9-1-2-12-5-7-19-8-6-12/h3-8,10H,1-2,9,11H2,(H2,18,21). The van der Waals surface area contributed by atoms with Crippen molar-refractivity contribution in [1.29, 1.82) is 0 Å². The van der Waals surface area contributed by atoms with E-state index < -0.39 is 0 Å².